The molecule has 0 heterocycles. The molecule has 4 nitrogen and oxygen atoms in total. The van der Waals surface area contributed by atoms with Crippen molar-refractivity contribution in [1.29, 1.82) is 0 Å². The minimum Gasteiger partial charge on any atom is -0.469 e. The molecule has 114 valence electrons. The highest BCUT2D eigenvalue weighted by molar-refractivity contribution is 5.92. The summed E-state index contributed by atoms with van der Waals surface area (Å²) in [6.07, 6.45) is 1.34. The quantitative estimate of drug-likeness (QED) is 0.800. The summed E-state index contributed by atoms with van der Waals surface area (Å²) in [5, 5.41) is 2.28. The maximum Gasteiger partial charge on any atom is 0.314 e. The Morgan fingerprint density at radius 1 is 1.00 bits per heavy atom. The zero-order chi connectivity index (χ0) is 15.7. The molecule has 0 saturated heterocycles. The van der Waals surface area contributed by atoms with Crippen molar-refractivity contribution in [2.45, 2.75) is 18.8 Å². The van der Waals surface area contributed by atoms with Crippen molar-refractivity contribution in [3.63, 3.8) is 0 Å². The van der Waals surface area contributed by atoms with Gasteiger partial charge in [0.05, 0.1) is 26.1 Å². The number of carbonyl (C=O) groups is 2. The fourth-order valence-corrected chi connectivity index (χ4v) is 3.43. The average Bonchev–Trinajstić information content (AvgIpc) is 2.59. The van der Waals surface area contributed by atoms with Gasteiger partial charge in [0.25, 0.3) is 0 Å². The second kappa shape index (κ2) is 5.79. The lowest BCUT2D eigenvalue weighted by Gasteiger charge is -2.30. The minimum absolute atomic E-state index is 0.353. The third kappa shape index (κ3) is 2.25. The maximum atomic E-state index is 12.3. The van der Waals surface area contributed by atoms with Crippen molar-refractivity contribution in [1.82, 2.24) is 0 Å². The van der Waals surface area contributed by atoms with Gasteiger partial charge in [0, 0.05) is 0 Å². The summed E-state index contributed by atoms with van der Waals surface area (Å²) in [5.41, 5.74) is 2.01. The van der Waals surface area contributed by atoms with Gasteiger partial charge in [-0.25, -0.2) is 0 Å². The van der Waals surface area contributed by atoms with Gasteiger partial charge in [0.15, 0.2) is 0 Å². The van der Waals surface area contributed by atoms with E-state index >= 15 is 0 Å². The van der Waals surface area contributed by atoms with Crippen LogP contribution in [0.25, 0.3) is 10.8 Å². The van der Waals surface area contributed by atoms with E-state index in [0.717, 1.165) is 28.3 Å². The molecule has 1 aliphatic carbocycles. The van der Waals surface area contributed by atoms with Crippen LogP contribution in [-0.4, -0.2) is 26.2 Å². The van der Waals surface area contributed by atoms with Crippen LogP contribution in [0.15, 0.2) is 36.4 Å². The third-order valence-electron chi connectivity index (χ3n) is 4.48. The molecule has 22 heavy (non-hydrogen) atoms. The van der Waals surface area contributed by atoms with Gasteiger partial charge in [0.2, 0.25) is 0 Å². The van der Waals surface area contributed by atoms with E-state index in [4.69, 9.17) is 9.47 Å². The zero-order valence-corrected chi connectivity index (χ0v) is 12.7. The summed E-state index contributed by atoms with van der Waals surface area (Å²) >= 11 is 0. The van der Waals surface area contributed by atoms with Crippen LogP contribution in [0.1, 0.15) is 23.5 Å². The highest BCUT2D eigenvalue weighted by Crippen LogP contribution is 2.40. The predicted octanol–water partition coefficient (Wildman–Crippen LogP) is 2.83. The van der Waals surface area contributed by atoms with E-state index in [1.54, 1.807) is 0 Å². The Labute approximate surface area is 129 Å². The first-order valence-electron chi connectivity index (χ1n) is 7.33. The molecule has 2 aromatic rings. The summed E-state index contributed by atoms with van der Waals surface area (Å²) in [6, 6.07) is 12.0. The van der Waals surface area contributed by atoms with Crippen LogP contribution < -0.4 is 0 Å². The van der Waals surface area contributed by atoms with Gasteiger partial charge < -0.3 is 9.47 Å². The zero-order valence-electron chi connectivity index (χ0n) is 12.7. The molecule has 0 amide bonds. The smallest absolute Gasteiger partial charge is 0.314 e. The Bertz CT molecular complexity index is 735. The number of aryl methyl sites for hydroxylation is 1. The lowest BCUT2D eigenvalue weighted by atomic mass is 9.73. The Morgan fingerprint density at radius 2 is 1.73 bits per heavy atom. The summed E-state index contributed by atoms with van der Waals surface area (Å²) in [7, 11) is 2.71. The molecule has 0 radical (unpaired) electrons. The number of carbonyl (C=O) groups excluding carboxylic acids is 2. The summed E-state index contributed by atoms with van der Waals surface area (Å²) < 4.78 is 9.81. The Kier molecular flexibility index (Phi) is 3.84. The number of hydrogen-bond acceptors (Lipinski definition) is 4. The molecule has 0 bridgehead atoms. The van der Waals surface area contributed by atoms with Crippen LogP contribution in [0, 0.1) is 5.92 Å². The highest BCUT2D eigenvalue weighted by atomic mass is 16.5. The Hall–Kier alpha value is -2.36. The second-order valence-corrected chi connectivity index (χ2v) is 5.52. The van der Waals surface area contributed by atoms with Crippen molar-refractivity contribution >= 4 is 22.7 Å². The molecule has 0 aliphatic heterocycles. The average molecular weight is 298 g/mol. The van der Waals surface area contributed by atoms with Crippen LogP contribution in [0.2, 0.25) is 0 Å². The fourth-order valence-electron chi connectivity index (χ4n) is 3.43. The molecule has 0 spiro atoms. The second-order valence-electron chi connectivity index (χ2n) is 5.52. The number of rotatable bonds is 2. The SMILES string of the molecule is COC(=O)[C@H]1CCc2c(ccc3ccccc23)[C@H]1C(=O)OC. The number of benzene rings is 2. The Morgan fingerprint density at radius 3 is 2.45 bits per heavy atom. The molecular formula is C18H18O4. The van der Waals surface area contributed by atoms with E-state index in [2.05, 4.69) is 12.1 Å². The van der Waals surface area contributed by atoms with Crippen molar-refractivity contribution in [3.05, 3.63) is 47.5 Å². The molecule has 0 aromatic heterocycles. The van der Waals surface area contributed by atoms with Crippen molar-refractivity contribution in [2.24, 2.45) is 5.92 Å². The van der Waals surface area contributed by atoms with Crippen LogP contribution in [0.5, 0.6) is 0 Å². The molecule has 0 unspecified atom stereocenters. The number of esters is 2. The maximum absolute atomic E-state index is 12.3. The molecule has 4 heteroatoms. The van der Waals surface area contributed by atoms with E-state index < -0.39 is 11.8 Å². The summed E-state index contributed by atoms with van der Waals surface area (Å²) in [6.45, 7) is 0. The van der Waals surface area contributed by atoms with Crippen molar-refractivity contribution in [2.75, 3.05) is 14.2 Å². The van der Waals surface area contributed by atoms with Gasteiger partial charge in [-0.15, -0.1) is 0 Å². The van der Waals surface area contributed by atoms with Crippen LogP contribution in [0.4, 0.5) is 0 Å². The highest BCUT2D eigenvalue weighted by Gasteiger charge is 2.40. The van der Waals surface area contributed by atoms with Crippen molar-refractivity contribution < 1.29 is 19.1 Å². The van der Waals surface area contributed by atoms with Crippen LogP contribution >= 0.6 is 0 Å². The van der Waals surface area contributed by atoms with Crippen molar-refractivity contribution in [3.8, 4) is 0 Å². The largest absolute Gasteiger partial charge is 0.469 e. The van der Waals surface area contributed by atoms with Gasteiger partial charge in [0.1, 0.15) is 0 Å². The van der Waals surface area contributed by atoms with Gasteiger partial charge in [-0.2, -0.15) is 0 Å². The lowest BCUT2D eigenvalue weighted by Crippen LogP contribution is -2.34. The Balaban J connectivity index is 2.17. The molecule has 1 aliphatic rings. The fraction of sp³-hybridized carbons (Fsp3) is 0.333. The number of hydrogen-bond donors (Lipinski definition) is 0. The number of ether oxygens (including phenoxy) is 2. The molecule has 2 aromatic carbocycles. The van der Waals surface area contributed by atoms with Crippen LogP contribution in [0.3, 0.4) is 0 Å². The molecule has 0 N–H and O–H groups in total. The van der Waals surface area contributed by atoms with Gasteiger partial charge in [-0.1, -0.05) is 36.4 Å². The first-order valence-corrected chi connectivity index (χ1v) is 7.33. The monoisotopic (exact) mass is 298 g/mol. The van der Waals surface area contributed by atoms with E-state index in [9.17, 15) is 9.59 Å². The van der Waals surface area contributed by atoms with Gasteiger partial charge >= 0.3 is 11.9 Å². The number of fused-ring (bicyclic) bond motifs is 3. The normalized spacial score (nSPS) is 20.3. The first-order chi connectivity index (χ1) is 10.7. The number of methoxy groups -OCH3 is 2. The molecule has 0 saturated carbocycles. The topological polar surface area (TPSA) is 52.6 Å². The third-order valence-corrected chi connectivity index (χ3v) is 4.48. The first kappa shape index (κ1) is 14.6. The van der Waals surface area contributed by atoms with E-state index in [1.807, 2.05) is 24.3 Å². The molecule has 3 rings (SSSR count). The standard InChI is InChI=1S/C18H18O4/c1-21-17(19)15-10-9-13-12-6-4-3-5-11(12)7-8-14(13)16(15)18(20)22-2/h3-8,15-16H,9-10H2,1-2H3/t15-,16+/m0/s1. The minimum atomic E-state index is -0.592. The lowest BCUT2D eigenvalue weighted by molar-refractivity contribution is -0.154. The van der Waals surface area contributed by atoms with Crippen LogP contribution in [-0.2, 0) is 25.5 Å². The molecular weight excluding hydrogens is 280 g/mol. The molecule has 2 atom stereocenters. The summed E-state index contributed by atoms with van der Waals surface area (Å²) in [4.78, 5) is 24.3. The van der Waals surface area contributed by atoms with Gasteiger partial charge in [-0.05, 0) is 34.7 Å². The summed E-state index contributed by atoms with van der Waals surface area (Å²) in [5.74, 6) is -1.81. The van der Waals surface area contributed by atoms with E-state index in [0.29, 0.717) is 6.42 Å². The van der Waals surface area contributed by atoms with E-state index in [1.165, 1.54) is 14.2 Å². The van der Waals surface area contributed by atoms with E-state index in [-0.39, 0.29) is 11.9 Å². The predicted molar refractivity (Wildman–Crippen MR) is 82.5 cm³/mol. The van der Waals surface area contributed by atoms with Gasteiger partial charge in [-0.3, -0.25) is 9.59 Å². The molecule has 0 fully saturated rings.